The van der Waals surface area contributed by atoms with Crippen LogP contribution in [0.5, 0.6) is 11.6 Å². The van der Waals surface area contributed by atoms with Gasteiger partial charge in [0.05, 0.1) is 12.1 Å². The number of halogens is 1. The molecule has 1 aromatic heterocycles. The van der Waals surface area contributed by atoms with Crippen molar-refractivity contribution in [3.05, 3.63) is 88.9 Å². The summed E-state index contributed by atoms with van der Waals surface area (Å²) in [4.78, 5) is 28.1. The van der Waals surface area contributed by atoms with Gasteiger partial charge in [0.15, 0.2) is 0 Å². The number of carbonyl (C=O) groups excluding carboxylic acids is 2. The van der Waals surface area contributed by atoms with E-state index in [1.54, 1.807) is 24.4 Å². The van der Waals surface area contributed by atoms with Crippen molar-refractivity contribution in [1.82, 2.24) is 15.6 Å². The van der Waals surface area contributed by atoms with Crippen LogP contribution in [0.2, 0.25) is 0 Å². The molecule has 2 amide bonds. The van der Waals surface area contributed by atoms with Gasteiger partial charge in [-0.1, -0.05) is 30.3 Å². The van der Waals surface area contributed by atoms with Crippen LogP contribution in [0.4, 0.5) is 4.39 Å². The quantitative estimate of drug-likeness (QED) is 0.626. The molecular weight excluding hydrogens is 385 g/mol. The van der Waals surface area contributed by atoms with Crippen LogP contribution >= 0.6 is 0 Å². The fraction of sp³-hybridized carbons (Fsp3) is 0.174. The van der Waals surface area contributed by atoms with E-state index in [0.717, 1.165) is 22.4 Å². The fourth-order valence-corrected chi connectivity index (χ4v) is 2.67. The molecule has 0 atom stereocenters. The topological polar surface area (TPSA) is 80.3 Å². The maximum absolute atomic E-state index is 13.6. The molecule has 0 aliphatic rings. The Morgan fingerprint density at radius 2 is 1.83 bits per heavy atom. The monoisotopic (exact) mass is 407 g/mol. The summed E-state index contributed by atoms with van der Waals surface area (Å²) in [6.45, 7) is 3.94. The number of ether oxygens (including phenoxy) is 1. The smallest absolute Gasteiger partial charge is 0.254 e. The van der Waals surface area contributed by atoms with E-state index < -0.39 is 17.6 Å². The zero-order chi connectivity index (χ0) is 21.5. The lowest BCUT2D eigenvalue weighted by Crippen LogP contribution is -2.36. The average molecular weight is 407 g/mol. The molecule has 2 N–H and O–H groups in total. The second kappa shape index (κ2) is 9.65. The van der Waals surface area contributed by atoms with Gasteiger partial charge in [-0.2, -0.15) is 0 Å². The third-order valence-electron chi connectivity index (χ3n) is 4.37. The predicted octanol–water partition coefficient (Wildman–Crippen LogP) is 3.68. The van der Waals surface area contributed by atoms with Gasteiger partial charge in [-0.3, -0.25) is 9.59 Å². The Hall–Kier alpha value is -3.74. The highest BCUT2D eigenvalue weighted by Crippen LogP contribution is 2.24. The first kappa shape index (κ1) is 21.0. The third kappa shape index (κ3) is 5.64. The molecule has 0 unspecified atom stereocenters. The predicted molar refractivity (Wildman–Crippen MR) is 111 cm³/mol. The van der Waals surface area contributed by atoms with Gasteiger partial charge in [-0.05, 0) is 48.7 Å². The molecule has 154 valence electrons. The van der Waals surface area contributed by atoms with Gasteiger partial charge in [0.25, 0.3) is 5.91 Å². The summed E-state index contributed by atoms with van der Waals surface area (Å²) in [7, 11) is 0. The van der Waals surface area contributed by atoms with E-state index in [1.165, 1.54) is 18.2 Å². The van der Waals surface area contributed by atoms with Gasteiger partial charge in [0.2, 0.25) is 11.8 Å². The average Bonchev–Trinajstić information content (AvgIpc) is 2.74. The molecule has 1 heterocycles. The number of benzene rings is 2. The lowest BCUT2D eigenvalue weighted by molar-refractivity contribution is -0.120. The van der Waals surface area contributed by atoms with E-state index in [2.05, 4.69) is 15.6 Å². The van der Waals surface area contributed by atoms with Crippen LogP contribution in [0, 0.1) is 19.7 Å². The molecule has 0 saturated heterocycles. The molecule has 0 spiro atoms. The molecule has 3 rings (SSSR count). The van der Waals surface area contributed by atoms with Crippen molar-refractivity contribution in [1.29, 1.82) is 0 Å². The van der Waals surface area contributed by atoms with Gasteiger partial charge in [0.1, 0.15) is 11.6 Å². The number of carbonyl (C=O) groups is 2. The molecule has 0 radical (unpaired) electrons. The minimum absolute atomic E-state index is 0.103. The van der Waals surface area contributed by atoms with E-state index in [9.17, 15) is 14.0 Å². The Morgan fingerprint density at radius 3 is 2.57 bits per heavy atom. The van der Waals surface area contributed by atoms with E-state index in [-0.39, 0.29) is 18.7 Å². The van der Waals surface area contributed by atoms with E-state index in [0.29, 0.717) is 5.88 Å². The summed E-state index contributed by atoms with van der Waals surface area (Å²) in [6, 6.07) is 15.1. The summed E-state index contributed by atoms with van der Waals surface area (Å²) in [5.41, 5.74) is 2.78. The number of hydrogen-bond donors (Lipinski definition) is 2. The maximum Gasteiger partial charge on any atom is 0.254 e. The highest BCUT2D eigenvalue weighted by atomic mass is 19.1. The van der Waals surface area contributed by atoms with Crippen molar-refractivity contribution in [3.63, 3.8) is 0 Å². The first-order valence-corrected chi connectivity index (χ1v) is 9.42. The molecule has 7 heteroatoms. The largest absolute Gasteiger partial charge is 0.439 e. The summed E-state index contributed by atoms with van der Waals surface area (Å²) >= 11 is 0. The van der Waals surface area contributed by atoms with E-state index in [1.807, 2.05) is 32.0 Å². The Morgan fingerprint density at radius 1 is 1.03 bits per heavy atom. The van der Waals surface area contributed by atoms with Crippen molar-refractivity contribution in [3.8, 4) is 11.6 Å². The molecule has 0 bridgehead atoms. The lowest BCUT2D eigenvalue weighted by Gasteiger charge is -2.10. The second-order valence-corrected chi connectivity index (χ2v) is 6.81. The van der Waals surface area contributed by atoms with Crippen LogP contribution in [0.15, 0.2) is 60.8 Å². The van der Waals surface area contributed by atoms with Gasteiger partial charge in [0, 0.05) is 18.8 Å². The number of aryl methyl sites for hydroxylation is 2. The molecule has 0 aliphatic carbocycles. The Bertz CT molecular complexity index is 1050. The first-order valence-electron chi connectivity index (χ1n) is 9.42. The minimum atomic E-state index is -0.641. The summed E-state index contributed by atoms with van der Waals surface area (Å²) in [5.74, 6) is -0.469. The molecule has 0 saturated carbocycles. The number of nitrogens with zero attached hydrogens (tertiary/aromatic N) is 1. The maximum atomic E-state index is 13.6. The molecule has 2 aromatic carbocycles. The van der Waals surface area contributed by atoms with Gasteiger partial charge < -0.3 is 15.4 Å². The highest BCUT2D eigenvalue weighted by molar-refractivity contribution is 5.96. The number of pyridine rings is 1. The van der Waals surface area contributed by atoms with Gasteiger partial charge >= 0.3 is 0 Å². The third-order valence-corrected chi connectivity index (χ3v) is 4.37. The summed E-state index contributed by atoms with van der Waals surface area (Å²) in [5, 5.41) is 5.07. The van der Waals surface area contributed by atoms with Crippen LogP contribution in [-0.4, -0.2) is 23.3 Å². The standard InChI is InChI=1S/C23H22FN3O3/c1-15-7-8-16(2)20(11-15)30-22-10-9-17(13-26-22)12-25-21(28)14-27-23(29)18-5-3-4-6-19(18)24/h3-11,13H,12,14H2,1-2H3,(H,25,28)(H,27,29). The van der Waals surface area contributed by atoms with Crippen LogP contribution in [0.3, 0.4) is 0 Å². The molecule has 3 aromatic rings. The molecule has 30 heavy (non-hydrogen) atoms. The van der Waals surface area contributed by atoms with E-state index in [4.69, 9.17) is 4.74 Å². The van der Waals surface area contributed by atoms with Crippen LogP contribution in [0.1, 0.15) is 27.0 Å². The number of amides is 2. The molecule has 6 nitrogen and oxygen atoms in total. The highest BCUT2D eigenvalue weighted by Gasteiger charge is 2.12. The number of hydrogen-bond acceptors (Lipinski definition) is 4. The van der Waals surface area contributed by atoms with Crippen molar-refractivity contribution in [2.75, 3.05) is 6.54 Å². The zero-order valence-corrected chi connectivity index (χ0v) is 16.7. The SMILES string of the molecule is Cc1ccc(C)c(Oc2ccc(CNC(=O)CNC(=O)c3ccccc3F)cn2)c1. The van der Waals surface area contributed by atoms with Gasteiger partial charge in [-0.25, -0.2) is 9.37 Å². The van der Waals surface area contributed by atoms with Gasteiger partial charge in [-0.15, -0.1) is 0 Å². The van der Waals surface area contributed by atoms with Crippen molar-refractivity contribution in [2.45, 2.75) is 20.4 Å². The summed E-state index contributed by atoms with van der Waals surface area (Å²) in [6.07, 6.45) is 1.61. The van der Waals surface area contributed by atoms with Crippen LogP contribution in [0.25, 0.3) is 0 Å². The van der Waals surface area contributed by atoms with Crippen molar-refractivity contribution in [2.24, 2.45) is 0 Å². The minimum Gasteiger partial charge on any atom is -0.439 e. The van der Waals surface area contributed by atoms with Crippen LogP contribution in [-0.2, 0) is 11.3 Å². The number of aromatic nitrogens is 1. The van der Waals surface area contributed by atoms with Crippen molar-refractivity contribution < 1.29 is 18.7 Å². The molecular formula is C23H22FN3O3. The fourth-order valence-electron chi connectivity index (χ4n) is 2.67. The first-order chi connectivity index (χ1) is 14.4. The second-order valence-electron chi connectivity index (χ2n) is 6.81. The Balaban J connectivity index is 1.47. The number of nitrogens with one attached hydrogen (secondary N) is 2. The molecule has 0 aliphatic heterocycles. The number of rotatable bonds is 7. The Kier molecular flexibility index (Phi) is 6.75. The van der Waals surface area contributed by atoms with E-state index >= 15 is 0 Å². The zero-order valence-electron chi connectivity index (χ0n) is 16.7. The lowest BCUT2D eigenvalue weighted by atomic mass is 10.1. The van der Waals surface area contributed by atoms with Crippen molar-refractivity contribution >= 4 is 11.8 Å². The summed E-state index contributed by atoms with van der Waals surface area (Å²) < 4.78 is 19.4. The van der Waals surface area contributed by atoms with Crippen LogP contribution < -0.4 is 15.4 Å². The Labute approximate surface area is 174 Å². The molecule has 0 fully saturated rings. The normalized spacial score (nSPS) is 10.4.